The summed E-state index contributed by atoms with van der Waals surface area (Å²) in [5, 5.41) is 9.18. The molecule has 1 unspecified atom stereocenters. The summed E-state index contributed by atoms with van der Waals surface area (Å²) in [6.07, 6.45) is 6.59. The largest absolute Gasteiger partial charge is 0.253 e. The van der Waals surface area contributed by atoms with Crippen LogP contribution in [0.25, 0.3) is 0 Å². The standard InChI is InChI=1S/C15H17ClN6/c1-12(13-2-4-15(16)5-3-13)14(6-21-10-17-8-19-21)7-22-11-18-9-20-22/h2-5,8-12,14H,6-7H2,1H3. The third-order valence-electron chi connectivity index (χ3n) is 3.88. The van der Waals surface area contributed by atoms with Crippen molar-refractivity contribution in [1.29, 1.82) is 0 Å². The Morgan fingerprint density at radius 3 is 1.95 bits per heavy atom. The fourth-order valence-corrected chi connectivity index (χ4v) is 2.67. The summed E-state index contributed by atoms with van der Waals surface area (Å²) in [6, 6.07) is 8.00. The van der Waals surface area contributed by atoms with Gasteiger partial charge in [-0.3, -0.25) is 9.36 Å². The van der Waals surface area contributed by atoms with Crippen molar-refractivity contribution in [3.8, 4) is 0 Å². The van der Waals surface area contributed by atoms with E-state index in [2.05, 4.69) is 39.2 Å². The number of halogens is 1. The van der Waals surface area contributed by atoms with E-state index in [1.807, 2.05) is 21.5 Å². The highest BCUT2D eigenvalue weighted by Crippen LogP contribution is 2.27. The number of hydrogen-bond donors (Lipinski definition) is 0. The predicted octanol–water partition coefficient (Wildman–Crippen LogP) is 2.64. The minimum absolute atomic E-state index is 0.310. The molecular weight excluding hydrogens is 300 g/mol. The van der Waals surface area contributed by atoms with E-state index in [4.69, 9.17) is 11.6 Å². The Kier molecular flexibility index (Phi) is 4.48. The van der Waals surface area contributed by atoms with E-state index in [1.54, 1.807) is 25.3 Å². The lowest BCUT2D eigenvalue weighted by molar-refractivity contribution is 0.309. The molecule has 0 bridgehead atoms. The van der Waals surface area contributed by atoms with Crippen LogP contribution in [0.3, 0.4) is 0 Å². The first kappa shape index (κ1) is 14.7. The highest BCUT2D eigenvalue weighted by atomic mass is 35.5. The molecule has 0 fully saturated rings. The quantitative estimate of drug-likeness (QED) is 0.701. The van der Waals surface area contributed by atoms with E-state index in [0.717, 1.165) is 18.1 Å². The molecule has 7 heteroatoms. The summed E-state index contributed by atoms with van der Waals surface area (Å²) < 4.78 is 3.71. The molecule has 3 rings (SSSR count). The third kappa shape index (κ3) is 3.51. The van der Waals surface area contributed by atoms with Crippen LogP contribution in [0.15, 0.2) is 49.6 Å². The van der Waals surface area contributed by atoms with Gasteiger partial charge in [0, 0.05) is 24.0 Å². The van der Waals surface area contributed by atoms with Crippen molar-refractivity contribution >= 4 is 11.6 Å². The number of hydrogen-bond acceptors (Lipinski definition) is 4. The van der Waals surface area contributed by atoms with Crippen molar-refractivity contribution in [2.75, 3.05) is 0 Å². The summed E-state index contributed by atoms with van der Waals surface area (Å²) in [5.41, 5.74) is 1.25. The van der Waals surface area contributed by atoms with Crippen molar-refractivity contribution in [3.05, 3.63) is 60.2 Å². The van der Waals surface area contributed by atoms with E-state index in [-0.39, 0.29) is 0 Å². The highest BCUT2D eigenvalue weighted by Gasteiger charge is 2.21. The molecular formula is C15H17ClN6. The van der Waals surface area contributed by atoms with Crippen LogP contribution < -0.4 is 0 Å². The maximum absolute atomic E-state index is 5.98. The van der Waals surface area contributed by atoms with Gasteiger partial charge in [-0.1, -0.05) is 30.7 Å². The van der Waals surface area contributed by atoms with Crippen molar-refractivity contribution in [1.82, 2.24) is 29.5 Å². The van der Waals surface area contributed by atoms with Gasteiger partial charge in [0.2, 0.25) is 0 Å². The SMILES string of the molecule is CC(c1ccc(Cl)cc1)C(Cn1cncn1)Cn1cncn1. The van der Waals surface area contributed by atoms with Gasteiger partial charge in [0.25, 0.3) is 0 Å². The predicted molar refractivity (Wildman–Crippen MR) is 83.4 cm³/mol. The molecule has 114 valence electrons. The summed E-state index contributed by atoms with van der Waals surface area (Å²) in [6.45, 7) is 3.75. The number of benzene rings is 1. The van der Waals surface area contributed by atoms with Crippen molar-refractivity contribution in [2.45, 2.75) is 25.9 Å². The Labute approximate surface area is 133 Å². The van der Waals surface area contributed by atoms with Gasteiger partial charge in [0.05, 0.1) is 0 Å². The van der Waals surface area contributed by atoms with Crippen molar-refractivity contribution in [2.24, 2.45) is 5.92 Å². The van der Waals surface area contributed by atoms with Crippen LogP contribution in [-0.2, 0) is 13.1 Å². The Hall–Kier alpha value is -2.21. The molecule has 0 radical (unpaired) electrons. The van der Waals surface area contributed by atoms with Gasteiger partial charge in [-0.25, -0.2) is 9.97 Å². The molecule has 0 aliphatic rings. The monoisotopic (exact) mass is 316 g/mol. The van der Waals surface area contributed by atoms with E-state index in [1.165, 1.54) is 5.56 Å². The van der Waals surface area contributed by atoms with Crippen LogP contribution in [0.1, 0.15) is 18.4 Å². The van der Waals surface area contributed by atoms with Gasteiger partial charge in [-0.15, -0.1) is 0 Å². The van der Waals surface area contributed by atoms with Crippen LogP contribution in [0, 0.1) is 5.92 Å². The Bertz CT molecular complexity index is 641. The molecule has 1 atom stereocenters. The first-order valence-corrected chi connectivity index (χ1v) is 7.50. The number of aromatic nitrogens is 6. The lowest BCUT2D eigenvalue weighted by Crippen LogP contribution is -2.23. The fraction of sp³-hybridized carbons (Fsp3) is 0.333. The lowest BCUT2D eigenvalue weighted by atomic mass is 9.87. The highest BCUT2D eigenvalue weighted by molar-refractivity contribution is 6.30. The number of nitrogens with zero attached hydrogens (tertiary/aromatic N) is 6. The minimum atomic E-state index is 0.310. The minimum Gasteiger partial charge on any atom is -0.253 e. The molecule has 0 aliphatic heterocycles. The molecule has 0 saturated carbocycles. The normalized spacial score (nSPS) is 12.7. The van der Waals surface area contributed by atoms with E-state index in [9.17, 15) is 0 Å². The Morgan fingerprint density at radius 2 is 1.50 bits per heavy atom. The van der Waals surface area contributed by atoms with Crippen LogP contribution >= 0.6 is 11.6 Å². The van der Waals surface area contributed by atoms with Crippen molar-refractivity contribution in [3.63, 3.8) is 0 Å². The summed E-state index contributed by atoms with van der Waals surface area (Å²) in [5.74, 6) is 0.634. The molecule has 2 heterocycles. The van der Waals surface area contributed by atoms with Gasteiger partial charge < -0.3 is 0 Å². The summed E-state index contributed by atoms with van der Waals surface area (Å²) in [4.78, 5) is 8.03. The van der Waals surface area contributed by atoms with E-state index < -0.39 is 0 Å². The van der Waals surface area contributed by atoms with Crippen molar-refractivity contribution < 1.29 is 0 Å². The maximum Gasteiger partial charge on any atom is 0.137 e. The second-order valence-electron chi connectivity index (χ2n) is 5.34. The molecule has 0 spiro atoms. The van der Waals surface area contributed by atoms with Gasteiger partial charge in [-0.2, -0.15) is 10.2 Å². The molecule has 22 heavy (non-hydrogen) atoms. The van der Waals surface area contributed by atoms with E-state index >= 15 is 0 Å². The molecule has 2 aromatic heterocycles. The van der Waals surface area contributed by atoms with Gasteiger partial charge >= 0.3 is 0 Å². The molecule has 1 aromatic carbocycles. The van der Waals surface area contributed by atoms with Crippen LogP contribution in [0.5, 0.6) is 0 Å². The van der Waals surface area contributed by atoms with E-state index in [0.29, 0.717) is 11.8 Å². The molecule has 0 amide bonds. The average Bonchev–Trinajstić information content (AvgIpc) is 3.20. The fourth-order valence-electron chi connectivity index (χ4n) is 2.55. The average molecular weight is 317 g/mol. The summed E-state index contributed by atoms with van der Waals surface area (Å²) in [7, 11) is 0. The number of rotatable bonds is 6. The first-order chi connectivity index (χ1) is 10.7. The molecule has 3 aromatic rings. The Morgan fingerprint density at radius 1 is 0.955 bits per heavy atom. The molecule has 0 saturated heterocycles. The Balaban J connectivity index is 1.81. The maximum atomic E-state index is 5.98. The van der Waals surface area contributed by atoms with Gasteiger partial charge in [0.15, 0.2) is 0 Å². The topological polar surface area (TPSA) is 61.4 Å². The van der Waals surface area contributed by atoms with Gasteiger partial charge in [-0.05, 0) is 23.6 Å². The molecule has 0 N–H and O–H groups in total. The first-order valence-electron chi connectivity index (χ1n) is 7.12. The van der Waals surface area contributed by atoms with Crippen LogP contribution in [0.4, 0.5) is 0 Å². The zero-order valence-electron chi connectivity index (χ0n) is 12.2. The molecule has 0 aliphatic carbocycles. The second-order valence-corrected chi connectivity index (χ2v) is 5.77. The second kappa shape index (κ2) is 6.70. The molecule has 6 nitrogen and oxygen atoms in total. The zero-order chi connectivity index (χ0) is 15.4. The smallest absolute Gasteiger partial charge is 0.137 e. The lowest BCUT2D eigenvalue weighted by Gasteiger charge is -2.24. The van der Waals surface area contributed by atoms with Crippen LogP contribution in [-0.4, -0.2) is 29.5 Å². The van der Waals surface area contributed by atoms with Gasteiger partial charge in [0.1, 0.15) is 25.3 Å². The third-order valence-corrected chi connectivity index (χ3v) is 4.13. The summed E-state index contributed by atoms with van der Waals surface area (Å²) >= 11 is 5.98. The zero-order valence-corrected chi connectivity index (χ0v) is 13.0. The van der Waals surface area contributed by atoms with Crippen LogP contribution in [0.2, 0.25) is 5.02 Å².